The van der Waals surface area contributed by atoms with E-state index in [0.29, 0.717) is 24.9 Å². The van der Waals surface area contributed by atoms with Crippen LogP contribution in [0.5, 0.6) is 0 Å². The predicted octanol–water partition coefficient (Wildman–Crippen LogP) is 5.04. The van der Waals surface area contributed by atoms with Crippen LogP contribution < -0.4 is 5.32 Å². The van der Waals surface area contributed by atoms with Gasteiger partial charge in [0, 0.05) is 12.5 Å². The second kappa shape index (κ2) is 7.83. The molecule has 0 amide bonds. The van der Waals surface area contributed by atoms with E-state index in [-0.39, 0.29) is 6.42 Å². The first-order valence-electron chi connectivity index (χ1n) is 7.90. The summed E-state index contributed by atoms with van der Waals surface area (Å²) in [5, 5.41) is 3.41. The zero-order valence-electron chi connectivity index (χ0n) is 12.3. The average Bonchev–Trinajstić information content (AvgIpc) is 2.47. The van der Waals surface area contributed by atoms with Crippen LogP contribution >= 0.6 is 0 Å². The van der Waals surface area contributed by atoms with Crippen molar-refractivity contribution in [3.63, 3.8) is 0 Å². The summed E-state index contributed by atoms with van der Waals surface area (Å²) >= 11 is 0. The molecule has 1 aliphatic carbocycles. The van der Waals surface area contributed by atoms with Gasteiger partial charge in [0.05, 0.1) is 0 Å². The molecule has 0 unspecified atom stereocenters. The molecule has 1 aromatic carbocycles. The molecule has 0 aromatic heterocycles. The minimum Gasteiger partial charge on any atom is -0.314 e. The molecule has 1 fully saturated rings. The van der Waals surface area contributed by atoms with E-state index in [0.717, 1.165) is 12.8 Å². The Bertz CT molecular complexity index is 394. The average molecular weight is 299 g/mol. The highest BCUT2D eigenvalue weighted by Crippen LogP contribution is 2.32. The van der Waals surface area contributed by atoms with Crippen molar-refractivity contribution in [2.24, 2.45) is 0 Å². The van der Waals surface area contributed by atoms with Crippen molar-refractivity contribution < 1.29 is 13.2 Å². The van der Waals surface area contributed by atoms with Crippen LogP contribution in [0.3, 0.4) is 0 Å². The van der Waals surface area contributed by atoms with Crippen molar-refractivity contribution in [2.75, 3.05) is 6.54 Å². The Balaban J connectivity index is 1.59. The molecule has 1 N–H and O–H groups in total. The van der Waals surface area contributed by atoms with Gasteiger partial charge in [-0.05, 0) is 56.6 Å². The maximum atomic E-state index is 12.0. The molecule has 4 heteroatoms. The molecule has 0 heterocycles. The molecule has 1 aliphatic rings. The Morgan fingerprint density at radius 2 is 1.62 bits per heavy atom. The smallest absolute Gasteiger partial charge is 0.314 e. The van der Waals surface area contributed by atoms with Crippen molar-refractivity contribution in [3.8, 4) is 0 Å². The van der Waals surface area contributed by atoms with E-state index in [1.54, 1.807) is 0 Å². The largest absolute Gasteiger partial charge is 0.389 e. The van der Waals surface area contributed by atoms with Crippen LogP contribution in [0.4, 0.5) is 13.2 Å². The molecular formula is C17H24F3N. The Kier molecular flexibility index (Phi) is 6.09. The molecule has 118 valence electrons. The van der Waals surface area contributed by atoms with Gasteiger partial charge in [-0.3, -0.25) is 0 Å². The molecule has 0 radical (unpaired) electrons. The Hall–Kier alpha value is -1.03. The van der Waals surface area contributed by atoms with E-state index in [9.17, 15) is 13.2 Å². The highest BCUT2D eigenvalue weighted by molar-refractivity contribution is 5.20. The normalized spacial score (nSPS) is 23.2. The predicted molar refractivity (Wildman–Crippen MR) is 79.3 cm³/mol. The summed E-state index contributed by atoms with van der Waals surface area (Å²) in [7, 11) is 0. The number of nitrogens with one attached hydrogen (secondary N) is 1. The lowest BCUT2D eigenvalue weighted by atomic mass is 9.82. The van der Waals surface area contributed by atoms with Gasteiger partial charge >= 0.3 is 6.18 Å². The lowest BCUT2D eigenvalue weighted by Crippen LogP contribution is -2.33. The lowest BCUT2D eigenvalue weighted by Gasteiger charge is -2.29. The SMILES string of the molecule is FC(F)(F)CCCCNC1CCC(c2ccccc2)CC1. The van der Waals surface area contributed by atoms with Gasteiger partial charge in [0.25, 0.3) is 0 Å². The van der Waals surface area contributed by atoms with E-state index in [1.165, 1.54) is 18.4 Å². The van der Waals surface area contributed by atoms with Crippen LogP contribution in [-0.2, 0) is 0 Å². The molecule has 0 aliphatic heterocycles. The van der Waals surface area contributed by atoms with Crippen molar-refractivity contribution in [3.05, 3.63) is 35.9 Å². The van der Waals surface area contributed by atoms with Crippen LogP contribution in [0.15, 0.2) is 30.3 Å². The number of alkyl halides is 3. The maximum absolute atomic E-state index is 12.0. The van der Waals surface area contributed by atoms with Gasteiger partial charge in [-0.25, -0.2) is 0 Å². The highest BCUT2D eigenvalue weighted by atomic mass is 19.4. The molecule has 1 saturated carbocycles. The standard InChI is InChI=1S/C17H24F3N/c18-17(19,20)12-4-5-13-21-16-10-8-15(9-11-16)14-6-2-1-3-7-14/h1-3,6-7,15-16,21H,4-5,8-13H2. The van der Waals surface area contributed by atoms with Crippen molar-refractivity contribution in [1.29, 1.82) is 0 Å². The number of benzene rings is 1. The molecular weight excluding hydrogens is 275 g/mol. The molecule has 0 bridgehead atoms. The maximum Gasteiger partial charge on any atom is 0.389 e. The lowest BCUT2D eigenvalue weighted by molar-refractivity contribution is -0.135. The number of rotatable bonds is 6. The van der Waals surface area contributed by atoms with Crippen LogP contribution in [0.25, 0.3) is 0 Å². The van der Waals surface area contributed by atoms with Gasteiger partial charge in [0.15, 0.2) is 0 Å². The third-order valence-corrected chi connectivity index (χ3v) is 4.32. The molecule has 0 atom stereocenters. The van der Waals surface area contributed by atoms with Crippen molar-refractivity contribution >= 4 is 0 Å². The minimum absolute atomic E-state index is 0.232. The molecule has 0 spiro atoms. The monoisotopic (exact) mass is 299 g/mol. The Morgan fingerprint density at radius 3 is 2.24 bits per heavy atom. The molecule has 21 heavy (non-hydrogen) atoms. The topological polar surface area (TPSA) is 12.0 Å². The van der Waals surface area contributed by atoms with Crippen molar-refractivity contribution in [1.82, 2.24) is 5.32 Å². The van der Waals surface area contributed by atoms with Gasteiger partial charge in [-0.15, -0.1) is 0 Å². The summed E-state index contributed by atoms with van der Waals surface area (Å²) in [5.41, 5.74) is 1.42. The first kappa shape index (κ1) is 16.3. The minimum atomic E-state index is -4.01. The van der Waals surface area contributed by atoms with Gasteiger partial charge < -0.3 is 5.32 Å². The second-order valence-corrected chi connectivity index (χ2v) is 5.99. The zero-order chi connectivity index (χ0) is 15.1. The number of hydrogen-bond donors (Lipinski definition) is 1. The third kappa shape index (κ3) is 6.08. The third-order valence-electron chi connectivity index (χ3n) is 4.32. The zero-order valence-corrected chi connectivity index (χ0v) is 12.3. The number of unbranched alkanes of at least 4 members (excludes halogenated alkanes) is 1. The summed E-state index contributed by atoms with van der Waals surface area (Å²) < 4.78 is 36.1. The first-order chi connectivity index (χ1) is 10.0. The molecule has 1 nitrogen and oxygen atoms in total. The summed E-state index contributed by atoms with van der Waals surface area (Å²) in [5.74, 6) is 0.648. The number of hydrogen-bond acceptors (Lipinski definition) is 1. The van der Waals surface area contributed by atoms with Crippen LogP contribution in [0, 0.1) is 0 Å². The summed E-state index contributed by atoms with van der Waals surface area (Å²) in [6, 6.07) is 11.1. The number of halogens is 3. The fourth-order valence-electron chi connectivity index (χ4n) is 3.11. The van der Waals surface area contributed by atoms with Gasteiger partial charge in [0.1, 0.15) is 0 Å². The summed E-state index contributed by atoms with van der Waals surface area (Å²) in [6.07, 6.45) is 0.767. The Morgan fingerprint density at radius 1 is 0.952 bits per heavy atom. The molecule has 0 saturated heterocycles. The quantitative estimate of drug-likeness (QED) is 0.726. The first-order valence-corrected chi connectivity index (χ1v) is 7.90. The van der Waals surface area contributed by atoms with Crippen LogP contribution in [-0.4, -0.2) is 18.8 Å². The second-order valence-electron chi connectivity index (χ2n) is 5.99. The van der Waals surface area contributed by atoms with Gasteiger partial charge in [-0.1, -0.05) is 30.3 Å². The van der Waals surface area contributed by atoms with E-state index in [1.807, 2.05) is 6.07 Å². The van der Waals surface area contributed by atoms with Gasteiger partial charge in [0.2, 0.25) is 0 Å². The van der Waals surface area contributed by atoms with Crippen LogP contribution in [0.2, 0.25) is 0 Å². The fourth-order valence-corrected chi connectivity index (χ4v) is 3.11. The molecule has 1 aromatic rings. The summed E-state index contributed by atoms with van der Waals surface area (Å²) in [4.78, 5) is 0. The van der Waals surface area contributed by atoms with E-state index >= 15 is 0 Å². The fraction of sp³-hybridized carbons (Fsp3) is 0.647. The van der Waals surface area contributed by atoms with E-state index < -0.39 is 12.6 Å². The summed E-state index contributed by atoms with van der Waals surface area (Å²) in [6.45, 7) is 0.705. The van der Waals surface area contributed by atoms with Crippen molar-refractivity contribution in [2.45, 2.75) is 63.1 Å². The highest BCUT2D eigenvalue weighted by Gasteiger charge is 2.26. The van der Waals surface area contributed by atoms with E-state index in [2.05, 4.69) is 29.6 Å². The van der Waals surface area contributed by atoms with Gasteiger partial charge in [-0.2, -0.15) is 13.2 Å². The Labute approximate surface area is 124 Å². The molecule has 2 rings (SSSR count). The van der Waals surface area contributed by atoms with E-state index in [4.69, 9.17) is 0 Å². The van der Waals surface area contributed by atoms with Crippen LogP contribution in [0.1, 0.15) is 56.4 Å².